The Morgan fingerprint density at radius 3 is 2.65 bits per heavy atom. The smallest absolute Gasteiger partial charge is 0.128 e. The number of aromatic nitrogens is 2. The SMILES string of the molecule is CNCc1cc(-c2ccccc2OCCc2ccccc2)n[nH]1. The van der Waals surface area contributed by atoms with Crippen molar-refractivity contribution in [2.24, 2.45) is 0 Å². The normalized spacial score (nSPS) is 10.7. The van der Waals surface area contributed by atoms with E-state index in [0.717, 1.165) is 35.7 Å². The lowest BCUT2D eigenvalue weighted by molar-refractivity contribution is 0.323. The lowest BCUT2D eigenvalue weighted by atomic mass is 10.1. The van der Waals surface area contributed by atoms with Crippen molar-refractivity contribution in [1.29, 1.82) is 0 Å². The Morgan fingerprint density at radius 2 is 1.83 bits per heavy atom. The minimum absolute atomic E-state index is 0.648. The summed E-state index contributed by atoms with van der Waals surface area (Å²) in [5.74, 6) is 0.867. The summed E-state index contributed by atoms with van der Waals surface area (Å²) in [7, 11) is 1.92. The van der Waals surface area contributed by atoms with Gasteiger partial charge in [0.2, 0.25) is 0 Å². The molecule has 4 nitrogen and oxygen atoms in total. The summed E-state index contributed by atoms with van der Waals surface area (Å²) in [5, 5.41) is 10.5. The Labute approximate surface area is 136 Å². The third kappa shape index (κ3) is 3.99. The van der Waals surface area contributed by atoms with Crippen LogP contribution in [0.25, 0.3) is 11.3 Å². The van der Waals surface area contributed by atoms with Gasteiger partial charge in [-0.1, -0.05) is 42.5 Å². The molecule has 3 aromatic rings. The third-order valence-electron chi connectivity index (χ3n) is 3.65. The highest BCUT2D eigenvalue weighted by molar-refractivity contribution is 5.67. The van der Waals surface area contributed by atoms with E-state index in [1.165, 1.54) is 5.56 Å². The maximum atomic E-state index is 6.00. The predicted molar refractivity (Wildman–Crippen MR) is 92.4 cm³/mol. The Bertz CT molecular complexity index is 737. The summed E-state index contributed by atoms with van der Waals surface area (Å²) in [4.78, 5) is 0. The summed E-state index contributed by atoms with van der Waals surface area (Å²) in [6.45, 7) is 1.42. The van der Waals surface area contributed by atoms with Crippen molar-refractivity contribution in [3.63, 3.8) is 0 Å². The molecule has 0 unspecified atom stereocenters. The molecule has 2 N–H and O–H groups in total. The molecule has 0 aliphatic rings. The Balaban J connectivity index is 1.70. The molecule has 0 aliphatic heterocycles. The average Bonchev–Trinajstić information content (AvgIpc) is 3.05. The van der Waals surface area contributed by atoms with Gasteiger partial charge in [-0.3, -0.25) is 5.10 Å². The number of para-hydroxylation sites is 1. The van der Waals surface area contributed by atoms with E-state index in [4.69, 9.17) is 4.74 Å². The fourth-order valence-corrected chi connectivity index (χ4v) is 2.51. The summed E-state index contributed by atoms with van der Waals surface area (Å²) < 4.78 is 6.00. The largest absolute Gasteiger partial charge is 0.493 e. The fraction of sp³-hybridized carbons (Fsp3) is 0.211. The highest BCUT2D eigenvalue weighted by Crippen LogP contribution is 2.28. The van der Waals surface area contributed by atoms with E-state index in [1.54, 1.807) is 0 Å². The topological polar surface area (TPSA) is 49.9 Å². The maximum absolute atomic E-state index is 6.00. The van der Waals surface area contributed by atoms with Gasteiger partial charge in [0.1, 0.15) is 5.75 Å². The van der Waals surface area contributed by atoms with E-state index in [9.17, 15) is 0 Å². The first-order chi connectivity index (χ1) is 11.4. The van der Waals surface area contributed by atoms with Gasteiger partial charge in [-0.05, 0) is 30.8 Å². The standard InChI is InChI=1S/C19H21N3O/c1-20-14-16-13-18(22-21-16)17-9-5-6-10-19(17)23-12-11-15-7-3-2-4-8-15/h2-10,13,20H,11-12,14H2,1H3,(H,21,22). The number of H-pyrrole nitrogens is 1. The van der Waals surface area contributed by atoms with Gasteiger partial charge in [0.05, 0.1) is 12.3 Å². The molecule has 0 bridgehead atoms. The van der Waals surface area contributed by atoms with Crippen LogP contribution in [0.2, 0.25) is 0 Å². The first-order valence-corrected chi connectivity index (χ1v) is 7.82. The summed E-state index contributed by atoms with van der Waals surface area (Å²) in [6, 6.07) is 20.4. The minimum atomic E-state index is 0.648. The minimum Gasteiger partial charge on any atom is -0.493 e. The molecule has 0 saturated heterocycles. The lowest BCUT2D eigenvalue weighted by Gasteiger charge is -2.10. The van der Waals surface area contributed by atoms with E-state index in [0.29, 0.717) is 6.61 Å². The monoisotopic (exact) mass is 307 g/mol. The Kier molecular flexibility index (Phi) is 5.06. The quantitative estimate of drug-likeness (QED) is 0.703. The molecular formula is C19H21N3O. The molecule has 0 fully saturated rings. The van der Waals surface area contributed by atoms with Crippen LogP contribution in [-0.2, 0) is 13.0 Å². The van der Waals surface area contributed by atoms with Gasteiger partial charge in [-0.2, -0.15) is 5.10 Å². The van der Waals surface area contributed by atoms with Crippen LogP contribution in [0.15, 0.2) is 60.7 Å². The first kappa shape index (κ1) is 15.3. The second kappa shape index (κ2) is 7.61. The summed E-state index contributed by atoms with van der Waals surface area (Å²) >= 11 is 0. The van der Waals surface area contributed by atoms with Crippen LogP contribution in [0.3, 0.4) is 0 Å². The zero-order valence-electron chi connectivity index (χ0n) is 13.3. The number of ether oxygens (including phenoxy) is 1. The molecule has 23 heavy (non-hydrogen) atoms. The fourth-order valence-electron chi connectivity index (χ4n) is 2.51. The highest BCUT2D eigenvalue weighted by Gasteiger charge is 2.09. The number of hydrogen-bond donors (Lipinski definition) is 2. The molecule has 2 aromatic carbocycles. The Hall–Kier alpha value is -2.59. The summed E-state index contributed by atoms with van der Waals surface area (Å²) in [6.07, 6.45) is 0.890. The molecule has 3 rings (SSSR count). The van der Waals surface area contributed by atoms with Crippen molar-refractivity contribution in [2.45, 2.75) is 13.0 Å². The van der Waals surface area contributed by atoms with Crippen LogP contribution in [0.4, 0.5) is 0 Å². The number of hydrogen-bond acceptors (Lipinski definition) is 3. The van der Waals surface area contributed by atoms with Crippen LogP contribution in [0, 0.1) is 0 Å². The second-order valence-electron chi connectivity index (χ2n) is 5.39. The van der Waals surface area contributed by atoms with Gasteiger partial charge >= 0.3 is 0 Å². The molecule has 0 amide bonds. The van der Waals surface area contributed by atoms with Gasteiger partial charge in [-0.25, -0.2) is 0 Å². The second-order valence-corrected chi connectivity index (χ2v) is 5.39. The van der Waals surface area contributed by atoms with Crippen molar-refractivity contribution in [2.75, 3.05) is 13.7 Å². The molecule has 118 valence electrons. The Morgan fingerprint density at radius 1 is 1.04 bits per heavy atom. The van der Waals surface area contributed by atoms with Gasteiger partial charge in [0, 0.05) is 24.2 Å². The van der Waals surface area contributed by atoms with Gasteiger partial charge in [0.25, 0.3) is 0 Å². The van der Waals surface area contributed by atoms with Crippen molar-refractivity contribution >= 4 is 0 Å². The van der Waals surface area contributed by atoms with E-state index in [-0.39, 0.29) is 0 Å². The number of nitrogens with zero attached hydrogens (tertiary/aromatic N) is 1. The van der Waals surface area contributed by atoms with Gasteiger partial charge < -0.3 is 10.1 Å². The molecule has 0 atom stereocenters. The average molecular weight is 307 g/mol. The van der Waals surface area contributed by atoms with Crippen molar-refractivity contribution in [3.05, 3.63) is 71.9 Å². The van der Waals surface area contributed by atoms with Crippen LogP contribution < -0.4 is 10.1 Å². The van der Waals surface area contributed by atoms with Crippen LogP contribution >= 0.6 is 0 Å². The number of aromatic amines is 1. The van der Waals surface area contributed by atoms with Crippen molar-refractivity contribution in [1.82, 2.24) is 15.5 Å². The lowest BCUT2D eigenvalue weighted by Crippen LogP contribution is -2.04. The molecule has 0 spiro atoms. The highest BCUT2D eigenvalue weighted by atomic mass is 16.5. The van der Waals surface area contributed by atoms with Crippen LogP contribution in [-0.4, -0.2) is 23.9 Å². The van der Waals surface area contributed by atoms with Crippen molar-refractivity contribution < 1.29 is 4.74 Å². The van der Waals surface area contributed by atoms with E-state index >= 15 is 0 Å². The maximum Gasteiger partial charge on any atom is 0.128 e. The van der Waals surface area contributed by atoms with E-state index in [1.807, 2.05) is 37.4 Å². The van der Waals surface area contributed by atoms with E-state index in [2.05, 4.69) is 45.8 Å². The summed E-state index contributed by atoms with van der Waals surface area (Å²) in [5.41, 5.74) is 4.26. The molecule has 4 heteroatoms. The van der Waals surface area contributed by atoms with Crippen molar-refractivity contribution in [3.8, 4) is 17.0 Å². The number of benzene rings is 2. The molecule has 0 aliphatic carbocycles. The van der Waals surface area contributed by atoms with E-state index < -0.39 is 0 Å². The van der Waals surface area contributed by atoms with Crippen LogP contribution in [0.5, 0.6) is 5.75 Å². The molecule has 0 saturated carbocycles. The van der Waals surface area contributed by atoms with Crippen LogP contribution in [0.1, 0.15) is 11.3 Å². The zero-order valence-corrected chi connectivity index (χ0v) is 13.3. The first-order valence-electron chi connectivity index (χ1n) is 7.82. The molecule has 1 heterocycles. The zero-order chi connectivity index (χ0) is 15.9. The molecule has 0 radical (unpaired) electrons. The molecule has 1 aromatic heterocycles. The van der Waals surface area contributed by atoms with Gasteiger partial charge in [-0.15, -0.1) is 0 Å². The molecular weight excluding hydrogens is 286 g/mol. The number of nitrogens with one attached hydrogen (secondary N) is 2. The third-order valence-corrected chi connectivity index (χ3v) is 3.65. The van der Waals surface area contributed by atoms with Gasteiger partial charge in [0.15, 0.2) is 0 Å². The predicted octanol–water partition coefficient (Wildman–Crippen LogP) is 3.42. The number of rotatable bonds is 7.